The van der Waals surface area contributed by atoms with Gasteiger partial charge in [0.25, 0.3) is 5.92 Å². The number of hydrogen-bond donors (Lipinski definition) is 1. The second-order valence-electron chi connectivity index (χ2n) is 5.04. The predicted octanol–water partition coefficient (Wildman–Crippen LogP) is 2.59. The molecule has 0 aromatic carbocycles. The molecule has 1 nitrogen and oxygen atoms in total. The summed E-state index contributed by atoms with van der Waals surface area (Å²) in [6.07, 6.45) is 2.80. The van der Waals surface area contributed by atoms with Crippen LogP contribution in [0, 0.1) is 11.3 Å². The first kappa shape index (κ1) is 10.1. The highest BCUT2D eigenvalue weighted by Crippen LogP contribution is 2.61. The number of piperidine rings is 1. The first-order valence-corrected chi connectivity index (χ1v) is 5.22. The lowest BCUT2D eigenvalue weighted by Gasteiger charge is -2.23. The average molecular weight is 201 g/mol. The minimum atomic E-state index is -2.46. The largest absolute Gasteiger partial charge is 0.313 e. The molecule has 0 radical (unpaired) electrons. The van der Waals surface area contributed by atoms with Crippen molar-refractivity contribution in [3.63, 3.8) is 0 Å². The summed E-state index contributed by atoms with van der Waals surface area (Å²) in [5, 5.41) is 3.25. The van der Waals surface area contributed by atoms with Crippen LogP contribution in [0.4, 0.5) is 8.78 Å². The third kappa shape index (κ3) is 1.70. The van der Waals surface area contributed by atoms with Crippen molar-refractivity contribution in [2.45, 2.75) is 32.6 Å². The monoisotopic (exact) mass is 201 g/mol. The molecule has 1 N–H and O–H groups in total. The molecular formula is C11H17F2N. The van der Waals surface area contributed by atoms with E-state index in [1.54, 1.807) is 13.0 Å². The van der Waals surface area contributed by atoms with Crippen LogP contribution in [0.1, 0.15) is 26.7 Å². The van der Waals surface area contributed by atoms with Crippen molar-refractivity contribution in [3.8, 4) is 0 Å². The van der Waals surface area contributed by atoms with Crippen molar-refractivity contribution in [3.05, 3.63) is 11.6 Å². The van der Waals surface area contributed by atoms with E-state index in [4.69, 9.17) is 0 Å². The summed E-state index contributed by atoms with van der Waals surface area (Å²) in [5.41, 5.74) is 0.310. The molecule has 0 amide bonds. The highest BCUT2D eigenvalue weighted by atomic mass is 19.3. The van der Waals surface area contributed by atoms with Crippen molar-refractivity contribution >= 4 is 0 Å². The van der Waals surface area contributed by atoms with Gasteiger partial charge in [-0.25, -0.2) is 8.78 Å². The lowest BCUT2D eigenvalue weighted by molar-refractivity contribution is 0.0840. The molecule has 2 unspecified atom stereocenters. The molecule has 0 bridgehead atoms. The van der Waals surface area contributed by atoms with E-state index in [1.807, 2.05) is 0 Å². The Morgan fingerprint density at radius 3 is 2.64 bits per heavy atom. The van der Waals surface area contributed by atoms with E-state index in [2.05, 4.69) is 12.2 Å². The van der Waals surface area contributed by atoms with E-state index in [1.165, 1.54) is 0 Å². The molecule has 80 valence electrons. The fraction of sp³-hybridized carbons (Fsp3) is 0.818. The van der Waals surface area contributed by atoms with Crippen LogP contribution in [0.2, 0.25) is 0 Å². The molecule has 2 fully saturated rings. The molecular weight excluding hydrogens is 184 g/mol. The van der Waals surface area contributed by atoms with Crippen LogP contribution in [-0.2, 0) is 0 Å². The summed E-state index contributed by atoms with van der Waals surface area (Å²) in [6.45, 7) is 5.59. The average Bonchev–Trinajstić information content (AvgIpc) is 2.49. The Balaban J connectivity index is 2.04. The van der Waals surface area contributed by atoms with Crippen LogP contribution in [-0.4, -0.2) is 19.0 Å². The Labute approximate surface area is 83.6 Å². The number of alkyl halides is 2. The number of nitrogens with one attached hydrogen (secondary N) is 1. The molecule has 0 spiro atoms. The number of rotatable bonds is 1. The molecule has 1 heterocycles. The fourth-order valence-corrected chi connectivity index (χ4v) is 2.21. The number of allylic oxidation sites excluding steroid dienone is 1. The van der Waals surface area contributed by atoms with Gasteiger partial charge in [-0.3, -0.25) is 0 Å². The summed E-state index contributed by atoms with van der Waals surface area (Å²) < 4.78 is 25.9. The lowest BCUT2D eigenvalue weighted by Crippen LogP contribution is -2.30. The van der Waals surface area contributed by atoms with E-state index in [-0.39, 0.29) is 6.42 Å². The summed E-state index contributed by atoms with van der Waals surface area (Å²) in [6, 6.07) is 0. The molecule has 14 heavy (non-hydrogen) atoms. The van der Waals surface area contributed by atoms with Gasteiger partial charge >= 0.3 is 0 Å². The highest BCUT2D eigenvalue weighted by Gasteiger charge is 2.66. The first-order valence-electron chi connectivity index (χ1n) is 5.22. The Kier molecular flexibility index (Phi) is 2.18. The van der Waals surface area contributed by atoms with Crippen molar-refractivity contribution in [2.75, 3.05) is 13.1 Å². The molecule has 2 atom stereocenters. The third-order valence-corrected chi connectivity index (χ3v) is 3.28. The van der Waals surface area contributed by atoms with Crippen LogP contribution in [0.3, 0.4) is 0 Å². The van der Waals surface area contributed by atoms with Crippen LogP contribution in [0.5, 0.6) is 0 Å². The summed E-state index contributed by atoms with van der Waals surface area (Å²) >= 11 is 0. The van der Waals surface area contributed by atoms with E-state index in [0.717, 1.165) is 25.1 Å². The topological polar surface area (TPSA) is 12.0 Å². The van der Waals surface area contributed by atoms with Gasteiger partial charge in [0.05, 0.1) is 5.41 Å². The molecule has 3 heteroatoms. The van der Waals surface area contributed by atoms with Gasteiger partial charge < -0.3 is 5.32 Å². The van der Waals surface area contributed by atoms with Crippen molar-refractivity contribution in [1.82, 2.24) is 5.32 Å². The zero-order chi connectivity index (χ0) is 10.4. The molecule has 0 aromatic heterocycles. The van der Waals surface area contributed by atoms with Gasteiger partial charge in [0.1, 0.15) is 0 Å². The van der Waals surface area contributed by atoms with Crippen molar-refractivity contribution < 1.29 is 8.78 Å². The number of hydrogen-bond acceptors (Lipinski definition) is 1. The maximum absolute atomic E-state index is 13.0. The van der Waals surface area contributed by atoms with Crippen LogP contribution in [0.15, 0.2) is 11.6 Å². The minimum absolute atomic E-state index is 0.0257. The molecule has 1 aliphatic carbocycles. The first-order chi connectivity index (χ1) is 6.43. The fourth-order valence-electron chi connectivity index (χ4n) is 2.21. The zero-order valence-electron chi connectivity index (χ0n) is 8.74. The quantitative estimate of drug-likeness (QED) is 0.643. The summed E-state index contributed by atoms with van der Waals surface area (Å²) in [4.78, 5) is 0. The van der Waals surface area contributed by atoms with Crippen molar-refractivity contribution in [1.29, 1.82) is 0 Å². The lowest BCUT2D eigenvalue weighted by atomic mass is 9.93. The molecule has 1 saturated carbocycles. The van der Waals surface area contributed by atoms with Gasteiger partial charge in [-0.15, -0.1) is 0 Å². The van der Waals surface area contributed by atoms with Gasteiger partial charge in [-0.1, -0.05) is 25.5 Å². The third-order valence-electron chi connectivity index (χ3n) is 3.28. The van der Waals surface area contributed by atoms with Gasteiger partial charge in [-0.05, 0) is 18.9 Å². The number of halogens is 2. The second kappa shape index (κ2) is 3.02. The van der Waals surface area contributed by atoms with Crippen LogP contribution >= 0.6 is 0 Å². The zero-order valence-corrected chi connectivity index (χ0v) is 8.74. The van der Waals surface area contributed by atoms with E-state index < -0.39 is 11.3 Å². The molecule has 0 aromatic rings. The Morgan fingerprint density at radius 2 is 2.14 bits per heavy atom. The SMILES string of the molecule is CC1CNC/C(=C\C2(C)CC2(F)F)C1. The van der Waals surface area contributed by atoms with Crippen molar-refractivity contribution in [2.24, 2.45) is 11.3 Å². The van der Waals surface area contributed by atoms with Crippen LogP contribution < -0.4 is 5.32 Å². The van der Waals surface area contributed by atoms with E-state index in [9.17, 15) is 8.78 Å². The van der Waals surface area contributed by atoms with Gasteiger partial charge in [0.15, 0.2) is 0 Å². The highest BCUT2D eigenvalue weighted by molar-refractivity contribution is 5.24. The second-order valence-corrected chi connectivity index (χ2v) is 5.04. The van der Waals surface area contributed by atoms with E-state index in [0.29, 0.717) is 5.92 Å². The summed E-state index contributed by atoms with van der Waals surface area (Å²) in [7, 11) is 0. The molecule has 2 rings (SSSR count). The maximum Gasteiger partial charge on any atom is 0.258 e. The Morgan fingerprint density at radius 1 is 1.50 bits per heavy atom. The van der Waals surface area contributed by atoms with E-state index >= 15 is 0 Å². The standard InChI is InChI=1S/C11H17F2N/c1-8-3-9(6-14-5-8)4-10(2)7-11(10,12)13/h4,8,14H,3,5-7H2,1-2H3/b9-4-. The smallest absolute Gasteiger partial charge is 0.258 e. The maximum atomic E-state index is 13.0. The van der Waals surface area contributed by atoms with Gasteiger partial charge in [-0.2, -0.15) is 0 Å². The minimum Gasteiger partial charge on any atom is -0.313 e. The van der Waals surface area contributed by atoms with Gasteiger partial charge in [0.2, 0.25) is 0 Å². The Hall–Kier alpha value is -0.440. The Bertz CT molecular complexity index is 272. The molecule has 1 aliphatic heterocycles. The van der Waals surface area contributed by atoms with Crippen LogP contribution in [0.25, 0.3) is 0 Å². The molecule has 2 aliphatic rings. The predicted molar refractivity (Wildman–Crippen MR) is 52.4 cm³/mol. The normalized spacial score (nSPS) is 44.0. The molecule has 1 saturated heterocycles. The summed E-state index contributed by atoms with van der Waals surface area (Å²) in [5.74, 6) is -1.88. The van der Waals surface area contributed by atoms with Gasteiger partial charge in [0, 0.05) is 13.0 Å².